The third-order valence-electron chi connectivity index (χ3n) is 2.36. The first-order chi connectivity index (χ1) is 9.09. The Morgan fingerprint density at radius 2 is 1.84 bits per heavy atom. The number of nitrogens with zero attached hydrogens (tertiary/aromatic N) is 2. The Morgan fingerprint density at radius 3 is 2.32 bits per heavy atom. The zero-order valence-corrected chi connectivity index (χ0v) is 10.4. The largest absolute Gasteiger partial charge is 0.478 e. The zero-order chi connectivity index (χ0) is 13.8. The fourth-order valence-electron chi connectivity index (χ4n) is 1.52. The molecule has 19 heavy (non-hydrogen) atoms. The van der Waals surface area contributed by atoms with Crippen LogP contribution < -0.4 is 4.31 Å². The van der Waals surface area contributed by atoms with Gasteiger partial charge in [0.05, 0.1) is 11.3 Å². The van der Waals surface area contributed by atoms with E-state index in [1.165, 1.54) is 30.5 Å². The molecule has 0 aliphatic heterocycles. The molecule has 1 aromatic carbocycles. The van der Waals surface area contributed by atoms with Crippen molar-refractivity contribution in [3.05, 3.63) is 54.2 Å². The summed E-state index contributed by atoms with van der Waals surface area (Å²) in [4.78, 5) is 14.7. The van der Waals surface area contributed by atoms with Crippen LogP contribution in [-0.2, 0) is 11.3 Å². The van der Waals surface area contributed by atoms with Crippen molar-refractivity contribution in [3.63, 3.8) is 0 Å². The van der Waals surface area contributed by atoms with Crippen molar-refractivity contribution in [1.29, 1.82) is 0 Å². The lowest BCUT2D eigenvalue weighted by Crippen LogP contribution is -2.20. The molecule has 0 aliphatic rings. The van der Waals surface area contributed by atoms with Gasteiger partial charge in [-0.1, -0.05) is 6.07 Å². The van der Waals surface area contributed by atoms with Crippen molar-refractivity contribution in [3.8, 4) is 0 Å². The summed E-state index contributed by atoms with van der Waals surface area (Å²) < 4.78 is 21.8. The van der Waals surface area contributed by atoms with E-state index in [1.54, 1.807) is 18.2 Å². The maximum Gasteiger partial charge on any atom is 0.335 e. The van der Waals surface area contributed by atoms with Gasteiger partial charge in [0.15, 0.2) is 0 Å². The number of aromatic nitrogens is 1. The lowest BCUT2D eigenvalue weighted by molar-refractivity contribution is 0.0697. The number of aromatic carboxylic acids is 1. The molecule has 1 atom stereocenters. The standard InChI is InChI=1S/C12H10N2O4S/c15-12(16)9-4-6-10(7-5-9)14(19(17)18)11-3-1-2-8-13-11/h1-8H,(H,15,16)(H,17,18). The average Bonchev–Trinajstić information content (AvgIpc) is 2.40. The van der Waals surface area contributed by atoms with E-state index in [9.17, 15) is 13.6 Å². The molecule has 6 nitrogen and oxygen atoms in total. The van der Waals surface area contributed by atoms with Crippen LogP contribution in [0.5, 0.6) is 0 Å². The van der Waals surface area contributed by atoms with E-state index in [-0.39, 0.29) is 5.56 Å². The molecule has 1 aromatic heterocycles. The van der Waals surface area contributed by atoms with Gasteiger partial charge in [0.2, 0.25) is 0 Å². The first-order valence-corrected chi connectivity index (χ1v) is 6.31. The van der Waals surface area contributed by atoms with Gasteiger partial charge in [-0.25, -0.2) is 18.3 Å². The molecule has 2 N–H and O–H groups in total. The van der Waals surface area contributed by atoms with Crippen LogP contribution in [0.2, 0.25) is 0 Å². The molecule has 0 saturated heterocycles. The lowest BCUT2D eigenvalue weighted by Gasteiger charge is -2.18. The molecule has 0 radical (unpaired) electrons. The first kappa shape index (κ1) is 13.2. The molecule has 0 saturated carbocycles. The predicted molar refractivity (Wildman–Crippen MR) is 70.5 cm³/mol. The Balaban J connectivity index is 2.40. The van der Waals surface area contributed by atoms with Gasteiger partial charge in [0.1, 0.15) is 5.82 Å². The topological polar surface area (TPSA) is 90.7 Å². The van der Waals surface area contributed by atoms with Crippen molar-refractivity contribution < 1.29 is 18.7 Å². The van der Waals surface area contributed by atoms with Gasteiger partial charge in [-0.05, 0) is 36.4 Å². The molecule has 0 aliphatic carbocycles. The molecule has 7 heteroatoms. The number of anilines is 2. The normalized spacial score (nSPS) is 11.8. The van der Waals surface area contributed by atoms with Crippen LogP contribution in [0.3, 0.4) is 0 Å². The SMILES string of the molecule is O=C(O)c1ccc(N(c2ccccn2)S(=O)O)cc1. The van der Waals surface area contributed by atoms with E-state index in [0.717, 1.165) is 4.31 Å². The summed E-state index contributed by atoms with van der Waals surface area (Å²) in [6, 6.07) is 10.6. The molecule has 98 valence electrons. The van der Waals surface area contributed by atoms with Crippen molar-refractivity contribution >= 4 is 28.7 Å². The molecule has 1 heterocycles. The van der Waals surface area contributed by atoms with Gasteiger partial charge in [-0.15, -0.1) is 0 Å². The smallest absolute Gasteiger partial charge is 0.335 e. The number of hydrogen-bond acceptors (Lipinski definition) is 3. The highest BCUT2D eigenvalue weighted by Crippen LogP contribution is 2.24. The molecule has 0 spiro atoms. The zero-order valence-electron chi connectivity index (χ0n) is 9.63. The highest BCUT2D eigenvalue weighted by atomic mass is 32.2. The Morgan fingerprint density at radius 1 is 1.16 bits per heavy atom. The number of rotatable bonds is 4. The molecule has 1 unspecified atom stereocenters. The summed E-state index contributed by atoms with van der Waals surface area (Å²) in [6.45, 7) is 0. The minimum atomic E-state index is -2.30. The summed E-state index contributed by atoms with van der Waals surface area (Å²) in [5.41, 5.74) is 0.484. The molecular formula is C12H10N2O4S. The van der Waals surface area contributed by atoms with Crippen LogP contribution in [0.15, 0.2) is 48.7 Å². The summed E-state index contributed by atoms with van der Waals surface area (Å²) in [5, 5.41) is 8.81. The fourth-order valence-corrected chi connectivity index (χ4v) is 2.09. The van der Waals surface area contributed by atoms with E-state index in [2.05, 4.69) is 4.98 Å². The molecular weight excluding hydrogens is 268 g/mol. The van der Waals surface area contributed by atoms with E-state index in [0.29, 0.717) is 11.5 Å². The second-order valence-electron chi connectivity index (χ2n) is 3.57. The van der Waals surface area contributed by atoms with Crippen LogP contribution in [0.25, 0.3) is 0 Å². The summed E-state index contributed by atoms with van der Waals surface area (Å²) in [5.74, 6) is -0.757. The van der Waals surface area contributed by atoms with E-state index in [1.807, 2.05) is 0 Å². The highest BCUT2D eigenvalue weighted by Gasteiger charge is 2.16. The third-order valence-corrected chi connectivity index (χ3v) is 3.07. The fraction of sp³-hybridized carbons (Fsp3) is 0. The van der Waals surface area contributed by atoms with Gasteiger partial charge in [-0.3, -0.25) is 4.55 Å². The maximum atomic E-state index is 11.4. The first-order valence-electron chi connectivity index (χ1n) is 5.25. The van der Waals surface area contributed by atoms with E-state index in [4.69, 9.17) is 5.11 Å². The minimum Gasteiger partial charge on any atom is -0.478 e. The average molecular weight is 278 g/mol. The molecule has 0 fully saturated rings. The molecule has 0 amide bonds. The number of carboxylic acid groups (broad SMARTS) is 1. The van der Waals surface area contributed by atoms with Crippen molar-refractivity contribution in [2.75, 3.05) is 4.31 Å². The number of carbonyl (C=O) groups is 1. The van der Waals surface area contributed by atoms with E-state index < -0.39 is 17.2 Å². The van der Waals surface area contributed by atoms with Crippen LogP contribution >= 0.6 is 0 Å². The van der Waals surface area contributed by atoms with Crippen molar-refractivity contribution in [1.82, 2.24) is 4.98 Å². The van der Waals surface area contributed by atoms with Crippen molar-refractivity contribution in [2.24, 2.45) is 0 Å². The Kier molecular flexibility index (Phi) is 3.88. The molecule has 2 aromatic rings. The van der Waals surface area contributed by atoms with Gasteiger partial charge in [-0.2, -0.15) is 0 Å². The van der Waals surface area contributed by atoms with Gasteiger partial charge in [0, 0.05) is 6.20 Å². The van der Waals surface area contributed by atoms with Crippen LogP contribution in [0.4, 0.5) is 11.5 Å². The van der Waals surface area contributed by atoms with Crippen LogP contribution in [0, 0.1) is 0 Å². The van der Waals surface area contributed by atoms with Crippen molar-refractivity contribution in [2.45, 2.75) is 0 Å². The number of hydrogen-bond donors (Lipinski definition) is 2. The lowest BCUT2D eigenvalue weighted by atomic mass is 10.2. The quantitative estimate of drug-likeness (QED) is 0.835. The van der Waals surface area contributed by atoms with Gasteiger partial charge >= 0.3 is 5.97 Å². The minimum absolute atomic E-state index is 0.105. The molecule has 2 rings (SSSR count). The highest BCUT2D eigenvalue weighted by molar-refractivity contribution is 7.81. The number of pyridine rings is 1. The monoisotopic (exact) mass is 278 g/mol. The third kappa shape index (κ3) is 2.95. The van der Waals surface area contributed by atoms with Gasteiger partial charge in [0.25, 0.3) is 11.3 Å². The van der Waals surface area contributed by atoms with Gasteiger partial charge < -0.3 is 5.11 Å². The molecule has 0 bridgehead atoms. The Bertz CT molecular complexity index is 601. The maximum absolute atomic E-state index is 11.4. The predicted octanol–water partition coefficient (Wildman–Crippen LogP) is 2.05. The Hall–Kier alpha value is -2.25. The number of carboxylic acids is 1. The summed E-state index contributed by atoms with van der Waals surface area (Å²) >= 11 is -2.30. The van der Waals surface area contributed by atoms with Crippen LogP contribution in [0.1, 0.15) is 10.4 Å². The van der Waals surface area contributed by atoms with Crippen LogP contribution in [-0.4, -0.2) is 24.8 Å². The van der Waals surface area contributed by atoms with E-state index >= 15 is 0 Å². The number of benzene rings is 1. The Labute approximate surface area is 111 Å². The second-order valence-corrected chi connectivity index (χ2v) is 4.39. The summed E-state index contributed by atoms with van der Waals surface area (Å²) in [6.07, 6.45) is 1.50. The summed E-state index contributed by atoms with van der Waals surface area (Å²) in [7, 11) is 0. The second kappa shape index (κ2) is 5.59.